The summed E-state index contributed by atoms with van der Waals surface area (Å²) in [5, 5.41) is 0. The third kappa shape index (κ3) is 3.23. The van der Waals surface area contributed by atoms with Crippen LogP contribution in [0.1, 0.15) is 50.2 Å². The number of hydrogen-bond acceptors (Lipinski definition) is 2. The second-order valence-corrected chi connectivity index (χ2v) is 8.26. The molecule has 20 heavy (non-hydrogen) atoms. The number of piperidine rings is 1. The first kappa shape index (κ1) is 15.5. The van der Waals surface area contributed by atoms with Crippen molar-refractivity contribution in [1.82, 2.24) is 4.31 Å². The molecule has 4 heteroatoms. The van der Waals surface area contributed by atoms with E-state index in [1.165, 1.54) is 17.4 Å². The Kier molecular flexibility index (Phi) is 4.55. The second kappa shape index (κ2) is 5.86. The standard InChI is InChI=1S/C16H25NO2S/c1-12(2)14-7-5-6-8-15(14)16-11-17(20(4,18)19)10-9-13(16)3/h5-8,12-13,16H,9-11H2,1-4H3. The number of rotatable bonds is 3. The highest BCUT2D eigenvalue weighted by molar-refractivity contribution is 7.88. The van der Waals surface area contributed by atoms with Crippen LogP contribution in [-0.2, 0) is 10.0 Å². The molecule has 3 nitrogen and oxygen atoms in total. The minimum Gasteiger partial charge on any atom is -0.213 e. The van der Waals surface area contributed by atoms with Crippen molar-refractivity contribution in [3.8, 4) is 0 Å². The van der Waals surface area contributed by atoms with E-state index in [0.717, 1.165) is 6.42 Å². The van der Waals surface area contributed by atoms with Crippen LogP contribution in [-0.4, -0.2) is 32.1 Å². The van der Waals surface area contributed by atoms with Crippen molar-refractivity contribution in [3.05, 3.63) is 35.4 Å². The maximum atomic E-state index is 11.8. The predicted octanol–water partition coefficient (Wildman–Crippen LogP) is 3.20. The molecule has 0 aromatic heterocycles. The van der Waals surface area contributed by atoms with Crippen LogP contribution in [0.5, 0.6) is 0 Å². The fourth-order valence-electron chi connectivity index (χ4n) is 3.12. The molecular weight excluding hydrogens is 270 g/mol. The van der Waals surface area contributed by atoms with Gasteiger partial charge in [-0.3, -0.25) is 0 Å². The predicted molar refractivity (Wildman–Crippen MR) is 83.5 cm³/mol. The zero-order chi connectivity index (χ0) is 14.9. The molecular formula is C16H25NO2S. The lowest BCUT2D eigenvalue weighted by molar-refractivity contribution is 0.251. The summed E-state index contributed by atoms with van der Waals surface area (Å²) in [6.45, 7) is 7.90. The van der Waals surface area contributed by atoms with E-state index in [4.69, 9.17) is 0 Å². The molecule has 0 aliphatic carbocycles. The number of sulfonamides is 1. The van der Waals surface area contributed by atoms with Gasteiger partial charge in [0.15, 0.2) is 0 Å². The molecule has 0 amide bonds. The molecule has 0 spiro atoms. The summed E-state index contributed by atoms with van der Waals surface area (Å²) in [6.07, 6.45) is 2.25. The maximum absolute atomic E-state index is 11.8. The summed E-state index contributed by atoms with van der Waals surface area (Å²) in [5.74, 6) is 1.29. The molecule has 1 aromatic carbocycles. The Bertz CT molecular complexity index is 566. The number of hydrogen-bond donors (Lipinski definition) is 0. The molecule has 2 atom stereocenters. The van der Waals surface area contributed by atoms with E-state index in [-0.39, 0.29) is 0 Å². The van der Waals surface area contributed by atoms with Crippen LogP contribution >= 0.6 is 0 Å². The zero-order valence-corrected chi connectivity index (χ0v) is 13.7. The highest BCUT2D eigenvalue weighted by Crippen LogP contribution is 2.36. The van der Waals surface area contributed by atoms with E-state index in [2.05, 4.69) is 45.0 Å². The molecule has 0 saturated carbocycles. The van der Waals surface area contributed by atoms with Crippen molar-refractivity contribution >= 4 is 10.0 Å². The Morgan fingerprint density at radius 1 is 1.25 bits per heavy atom. The van der Waals surface area contributed by atoms with Gasteiger partial charge in [-0.15, -0.1) is 0 Å². The summed E-state index contributed by atoms with van der Waals surface area (Å²) in [6, 6.07) is 8.47. The average molecular weight is 295 g/mol. The van der Waals surface area contributed by atoms with Gasteiger partial charge in [-0.1, -0.05) is 45.0 Å². The van der Waals surface area contributed by atoms with Gasteiger partial charge in [-0.05, 0) is 29.4 Å². The van der Waals surface area contributed by atoms with Gasteiger partial charge in [0.2, 0.25) is 10.0 Å². The van der Waals surface area contributed by atoms with Crippen LogP contribution in [0, 0.1) is 5.92 Å². The minimum absolute atomic E-state index is 0.303. The lowest BCUT2D eigenvalue weighted by atomic mass is 9.79. The molecule has 0 N–H and O–H groups in total. The maximum Gasteiger partial charge on any atom is 0.211 e. The van der Waals surface area contributed by atoms with Crippen molar-refractivity contribution in [2.75, 3.05) is 19.3 Å². The fourth-order valence-corrected chi connectivity index (χ4v) is 3.99. The first-order chi connectivity index (χ1) is 9.30. The van der Waals surface area contributed by atoms with E-state index in [1.54, 1.807) is 4.31 Å². The summed E-state index contributed by atoms with van der Waals surface area (Å²) in [4.78, 5) is 0. The summed E-state index contributed by atoms with van der Waals surface area (Å²) in [7, 11) is -3.09. The molecule has 0 radical (unpaired) electrons. The lowest BCUT2D eigenvalue weighted by Crippen LogP contribution is -2.41. The van der Waals surface area contributed by atoms with Gasteiger partial charge in [-0.25, -0.2) is 12.7 Å². The lowest BCUT2D eigenvalue weighted by Gasteiger charge is -2.37. The van der Waals surface area contributed by atoms with Gasteiger partial charge in [0, 0.05) is 19.0 Å². The average Bonchev–Trinajstić information content (AvgIpc) is 2.38. The Hall–Kier alpha value is -0.870. The van der Waals surface area contributed by atoms with E-state index in [0.29, 0.717) is 30.8 Å². The van der Waals surface area contributed by atoms with Crippen LogP contribution in [0.15, 0.2) is 24.3 Å². The topological polar surface area (TPSA) is 37.4 Å². The van der Waals surface area contributed by atoms with Crippen molar-refractivity contribution in [2.24, 2.45) is 5.92 Å². The quantitative estimate of drug-likeness (QED) is 0.859. The normalized spacial score (nSPS) is 25.1. The number of nitrogens with zero attached hydrogens (tertiary/aromatic N) is 1. The molecule has 1 fully saturated rings. The van der Waals surface area contributed by atoms with Crippen molar-refractivity contribution in [1.29, 1.82) is 0 Å². The molecule has 112 valence electrons. The molecule has 1 aliphatic rings. The first-order valence-electron chi connectivity index (χ1n) is 7.34. The Morgan fingerprint density at radius 3 is 2.50 bits per heavy atom. The van der Waals surface area contributed by atoms with Crippen LogP contribution in [0.3, 0.4) is 0 Å². The molecule has 1 aromatic rings. The van der Waals surface area contributed by atoms with Gasteiger partial charge < -0.3 is 0 Å². The van der Waals surface area contributed by atoms with E-state index < -0.39 is 10.0 Å². The zero-order valence-electron chi connectivity index (χ0n) is 12.8. The highest BCUT2D eigenvalue weighted by Gasteiger charge is 2.32. The molecule has 1 heterocycles. The van der Waals surface area contributed by atoms with E-state index in [9.17, 15) is 8.42 Å². The SMILES string of the molecule is CC(C)c1ccccc1C1CN(S(C)(=O)=O)CCC1C. The second-order valence-electron chi connectivity index (χ2n) is 6.28. The van der Waals surface area contributed by atoms with Gasteiger partial charge in [0.1, 0.15) is 0 Å². The highest BCUT2D eigenvalue weighted by atomic mass is 32.2. The van der Waals surface area contributed by atoms with E-state index in [1.807, 2.05) is 0 Å². The van der Waals surface area contributed by atoms with Crippen LogP contribution in [0.4, 0.5) is 0 Å². The van der Waals surface area contributed by atoms with Gasteiger partial charge >= 0.3 is 0 Å². The van der Waals surface area contributed by atoms with Crippen molar-refractivity contribution in [3.63, 3.8) is 0 Å². The van der Waals surface area contributed by atoms with Gasteiger partial charge in [-0.2, -0.15) is 0 Å². The minimum atomic E-state index is -3.09. The van der Waals surface area contributed by atoms with Gasteiger partial charge in [0.05, 0.1) is 6.26 Å². The molecule has 2 unspecified atom stereocenters. The first-order valence-corrected chi connectivity index (χ1v) is 9.19. The van der Waals surface area contributed by atoms with E-state index >= 15 is 0 Å². The number of benzene rings is 1. The van der Waals surface area contributed by atoms with Gasteiger partial charge in [0.25, 0.3) is 0 Å². The Morgan fingerprint density at radius 2 is 1.90 bits per heavy atom. The largest absolute Gasteiger partial charge is 0.213 e. The third-order valence-electron chi connectivity index (χ3n) is 4.41. The Labute approximate surface area is 123 Å². The smallest absolute Gasteiger partial charge is 0.211 e. The molecule has 0 bridgehead atoms. The summed E-state index contributed by atoms with van der Waals surface area (Å²) >= 11 is 0. The summed E-state index contributed by atoms with van der Waals surface area (Å²) in [5.41, 5.74) is 2.67. The monoisotopic (exact) mass is 295 g/mol. The van der Waals surface area contributed by atoms with Crippen molar-refractivity contribution < 1.29 is 8.42 Å². The Balaban J connectivity index is 2.35. The van der Waals surface area contributed by atoms with Crippen LogP contribution in [0.2, 0.25) is 0 Å². The molecule has 2 rings (SSSR count). The summed E-state index contributed by atoms with van der Waals surface area (Å²) < 4.78 is 25.3. The van der Waals surface area contributed by atoms with Crippen molar-refractivity contribution in [2.45, 2.75) is 39.0 Å². The molecule has 1 aliphatic heterocycles. The fraction of sp³-hybridized carbons (Fsp3) is 0.625. The third-order valence-corrected chi connectivity index (χ3v) is 5.68. The molecule has 1 saturated heterocycles. The van der Waals surface area contributed by atoms with Crippen LogP contribution < -0.4 is 0 Å². The van der Waals surface area contributed by atoms with Crippen LogP contribution in [0.25, 0.3) is 0 Å².